The van der Waals surface area contributed by atoms with E-state index in [0.29, 0.717) is 26.4 Å². The van der Waals surface area contributed by atoms with Crippen LogP contribution in [0.25, 0.3) is 27.6 Å². The van der Waals surface area contributed by atoms with E-state index in [1.54, 1.807) is 25.5 Å². The Morgan fingerprint density at radius 1 is 0.974 bits per heavy atom. The summed E-state index contributed by atoms with van der Waals surface area (Å²) in [7, 11) is 1.62. The third-order valence-electron chi connectivity index (χ3n) is 7.06. The zero-order chi connectivity index (χ0) is 27.1. The maximum atomic E-state index is 14.2. The highest BCUT2D eigenvalue weighted by molar-refractivity contribution is 7.07. The van der Waals surface area contributed by atoms with Crippen molar-refractivity contribution in [1.29, 1.82) is 0 Å². The van der Waals surface area contributed by atoms with Gasteiger partial charge in [0.2, 0.25) is 0 Å². The fourth-order valence-electron chi connectivity index (χ4n) is 5.31. The first-order chi connectivity index (χ1) is 19.0. The minimum absolute atomic E-state index is 0.221. The molecule has 0 saturated carbocycles. The van der Waals surface area contributed by atoms with Crippen LogP contribution in [-0.4, -0.2) is 24.3 Å². The number of aromatic nitrogens is 1. The second-order valence-corrected chi connectivity index (χ2v) is 10.3. The van der Waals surface area contributed by atoms with Gasteiger partial charge >= 0.3 is 5.97 Å². The second kappa shape index (κ2) is 10.0. The highest BCUT2D eigenvalue weighted by Crippen LogP contribution is 2.35. The third-order valence-corrected chi connectivity index (χ3v) is 8.04. The minimum atomic E-state index is -0.678. The van der Waals surface area contributed by atoms with Gasteiger partial charge in [0.05, 0.1) is 35.6 Å². The zero-order valence-electron chi connectivity index (χ0n) is 21.8. The van der Waals surface area contributed by atoms with Gasteiger partial charge in [-0.3, -0.25) is 9.36 Å². The van der Waals surface area contributed by atoms with Crippen LogP contribution >= 0.6 is 11.3 Å². The Morgan fingerprint density at radius 2 is 1.67 bits per heavy atom. The smallest absolute Gasteiger partial charge is 0.338 e. The summed E-state index contributed by atoms with van der Waals surface area (Å²) >= 11 is 1.31. The Bertz CT molecular complexity index is 1980. The van der Waals surface area contributed by atoms with E-state index in [0.717, 1.165) is 32.7 Å². The number of nitrogens with zero attached hydrogens (tertiary/aromatic N) is 2. The Balaban J connectivity index is 1.66. The molecule has 1 atom stereocenters. The molecule has 0 fully saturated rings. The lowest BCUT2D eigenvalue weighted by atomic mass is 9.91. The number of rotatable bonds is 5. The summed E-state index contributed by atoms with van der Waals surface area (Å²) in [4.78, 5) is 32.7. The quantitative estimate of drug-likeness (QED) is 0.294. The van der Waals surface area contributed by atoms with E-state index < -0.39 is 12.0 Å². The van der Waals surface area contributed by atoms with Crippen molar-refractivity contribution in [2.45, 2.75) is 19.9 Å². The van der Waals surface area contributed by atoms with E-state index >= 15 is 0 Å². The van der Waals surface area contributed by atoms with Gasteiger partial charge in [-0.1, -0.05) is 84.1 Å². The number of benzene rings is 4. The van der Waals surface area contributed by atoms with Gasteiger partial charge in [0.15, 0.2) is 4.80 Å². The number of ether oxygens (including phenoxy) is 2. The van der Waals surface area contributed by atoms with Gasteiger partial charge in [-0.15, -0.1) is 0 Å². The van der Waals surface area contributed by atoms with Crippen LogP contribution < -0.4 is 19.6 Å². The van der Waals surface area contributed by atoms with Gasteiger partial charge in [-0.25, -0.2) is 9.79 Å². The summed E-state index contributed by atoms with van der Waals surface area (Å²) in [5.41, 5.74) is 2.36. The first-order valence-corrected chi connectivity index (χ1v) is 13.6. The van der Waals surface area contributed by atoms with Crippen molar-refractivity contribution in [3.63, 3.8) is 0 Å². The monoisotopic (exact) mass is 534 g/mol. The number of fused-ring (bicyclic) bond motifs is 3. The van der Waals surface area contributed by atoms with Crippen molar-refractivity contribution in [2.24, 2.45) is 4.99 Å². The Morgan fingerprint density at radius 3 is 2.41 bits per heavy atom. The number of hydrogen-bond acceptors (Lipinski definition) is 6. The van der Waals surface area contributed by atoms with E-state index in [9.17, 15) is 9.59 Å². The molecule has 6 nitrogen and oxygen atoms in total. The fourth-order valence-corrected chi connectivity index (χ4v) is 6.34. The van der Waals surface area contributed by atoms with E-state index in [1.807, 2.05) is 84.9 Å². The van der Waals surface area contributed by atoms with Crippen LogP contribution in [-0.2, 0) is 9.53 Å². The molecule has 39 heavy (non-hydrogen) atoms. The average molecular weight is 535 g/mol. The van der Waals surface area contributed by atoms with Gasteiger partial charge in [-0.2, -0.15) is 0 Å². The van der Waals surface area contributed by atoms with Gasteiger partial charge in [0.1, 0.15) is 5.75 Å². The average Bonchev–Trinajstić information content (AvgIpc) is 3.26. The summed E-state index contributed by atoms with van der Waals surface area (Å²) in [5.74, 6) is 0.204. The molecule has 194 valence electrons. The molecule has 0 unspecified atom stereocenters. The molecule has 5 aromatic rings. The van der Waals surface area contributed by atoms with E-state index in [-0.39, 0.29) is 12.2 Å². The van der Waals surface area contributed by atoms with Gasteiger partial charge in [0.25, 0.3) is 5.56 Å². The van der Waals surface area contributed by atoms with Crippen molar-refractivity contribution in [1.82, 2.24) is 4.57 Å². The van der Waals surface area contributed by atoms with Crippen molar-refractivity contribution in [3.8, 4) is 5.75 Å². The normalized spacial score (nSPS) is 15.4. The predicted octanol–water partition coefficient (Wildman–Crippen LogP) is 5.11. The van der Waals surface area contributed by atoms with Crippen LogP contribution in [0.15, 0.2) is 99.9 Å². The molecule has 0 N–H and O–H groups in total. The van der Waals surface area contributed by atoms with Crippen LogP contribution in [0.4, 0.5) is 0 Å². The molecule has 0 aliphatic carbocycles. The SMILES string of the molecule is CCOC(=O)C1=C(C)N=c2s/c(=C\c3c(OC)ccc4ccccc34)c(=O)n2[C@H]1c1cccc2ccccc12. The Kier molecular flexibility index (Phi) is 6.37. The first-order valence-electron chi connectivity index (χ1n) is 12.7. The third kappa shape index (κ3) is 4.15. The number of carbonyl (C=O) groups excluding carboxylic acids is 1. The summed E-state index contributed by atoms with van der Waals surface area (Å²) in [6.07, 6.45) is 1.87. The molecule has 0 saturated heterocycles. The molecule has 7 heteroatoms. The maximum absolute atomic E-state index is 14.2. The standard InChI is InChI=1S/C32H26N2O4S/c1-4-38-31(36)28-19(2)33-32-34(29(28)24-15-9-12-20-10-5-7-13-22(20)24)30(35)27(39-32)18-25-23-14-8-6-11-21(23)16-17-26(25)37-3/h5-18,29H,4H2,1-3H3/b27-18-/t29-/m0/s1. The molecule has 1 aliphatic rings. The summed E-state index contributed by atoms with van der Waals surface area (Å²) < 4.78 is 13.3. The number of methoxy groups -OCH3 is 1. The molecule has 0 amide bonds. The molecule has 4 aromatic carbocycles. The van der Waals surface area contributed by atoms with Crippen molar-refractivity contribution in [2.75, 3.05) is 13.7 Å². The van der Waals surface area contributed by atoms with Crippen molar-refractivity contribution >= 4 is 44.9 Å². The maximum Gasteiger partial charge on any atom is 0.338 e. The number of carbonyl (C=O) groups is 1. The van der Waals surface area contributed by atoms with E-state index in [2.05, 4.69) is 0 Å². The van der Waals surface area contributed by atoms with Crippen molar-refractivity contribution in [3.05, 3.63) is 121 Å². The molecule has 6 rings (SSSR count). The molecule has 0 radical (unpaired) electrons. The predicted molar refractivity (Wildman–Crippen MR) is 155 cm³/mol. The van der Waals surface area contributed by atoms with Gasteiger partial charge < -0.3 is 9.47 Å². The van der Waals surface area contributed by atoms with Crippen LogP contribution in [0.2, 0.25) is 0 Å². The van der Waals surface area contributed by atoms with Crippen molar-refractivity contribution < 1.29 is 14.3 Å². The molecule has 1 aromatic heterocycles. The van der Waals surface area contributed by atoms with Gasteiger partial charge in [0, 0.05) is 5.56 Å². The number of allylic oxidation sites excluding steroid dienone is 1. The second-order valence-electron chi connectivity index (χ2n) is 9.27. The first kappa shape index (κ1) is 24.8. The molecule has 0 bridgehead atoms. The van der Waals surface area contributed by atoms with Crippen LogP contribution in [0.1, 0.15) is 31.0 Å². The molecule has 0 spiro atoms. The highest BCUT2D eigenvalue weighted by Gasteiger charge is 2.34. The summed E-state index contributed by atoms with van der Waals surface area (Å²) in [6.45, 7) is 3.80. The van der Waals surface area contributed by atoms with Crippen LogP contribution in [0.5, 0.6) is 5.75 Å². The zero-order valence-corrected chi connectivity index (χ0v) is 22.6. The van der Waals surface area contributed by atoms with Crippen LogP contribution in [0, 0.1) is 0 Å². The lowest BCUT2D eigenvalue weighted by molar-refractivity contribution is -0.139. The number of thiazole rings is 1. The minimum Gasteiger partial charge on any atom is -0.496 e. The number of esters is 1. The summed E-state index contributed by atoms with van der Waals surface area (Å²) in [5, 5.41) is 4.02. The fraction of sp³-hybridized carbons (Fsp3) is 0.156. The Hall–Kier alpha value is -4.49. The molecule has 1 aliphatic heterocycles. The largest absolute Gasteiger partial charge is 0.496 e. The van der Waals surface area contributed by atoms with E-state index in [1.165, 1.54) is 11.3 Å². The topological polar surface area (TPSA) is 69.9 Å². The summed E-state index contributed by atoms with van der Waals surface area (Å²) in [6, 6.07) is 25.1. The van der Waals surface area contributed by atoms with Crippen LogP contribution in [0.3, 0.4) is 0 Å². The van der Waals surface area contributed by atoms with Gasteiger partial charge in [-0.05, 0) is 53.1 Å². The molecular formula is C32H26N2O4S. The molecular weight excluding hydrogens is 508 g/mol. The lowest BCUT2D eigenvalue weighted by Crippen LogP contribution is -2.40. The number of hydrogen-bond donors (Lipinski definition) is 0. The highest BCUT2D eigenvalue weighted by atomic mass is 32.1. The lowest BCUT2D eigenvalue weighted by Gasteiger charge is -2.25. The van der Waals surface area contributed by atoms with E-state index in [4.69, 9.17) is 14.5 Å². The Labute approximate surface area is 228 Å². The molecule has 2 heterocycles.